The van der Waals surface area contributed by atoms with Crippen LogP contribution < -0.4 is 5.32 Å². The summed E-state index contributed by atoms with van der Waals surface area (Å²) in [6.07, 6.45) is 2.10. The molecule has 0 aromatic heterocycles. The molecular formula is C24H23ClN2O2S. The number of rotatable bonds is 7. The lowest BCUT2D eigenvalue weighted by Crippen LogP contribution is -2.34. The van der Waals surface area contributed by atoms with E-state index in [1.807, 2.05) is 53.4 Å². The van der Waals surface area contributed by atoms with Crippen molar-refractivity contribution >= 4 is 45.9 Å². The van der Waals surface area contributed by atoms with E-state index < -0.39 is 0 Å². The number of benzene rings is 3. The molecule has 0 atom stereocenters. The first kappa shape index (κ1) is 20.8. The highest BCUT2D eigenvalue weighted by molar-refractivity contribution is 8.00. The van der Waals surface area contributed by atoms with Crippen molar-refractivity contribution in [2.75, 3.05) is 12.8 Å². The van der Waals surface area contributed by atoms with Gasteiger partial charge in [0.25, 0.3) is 5.91 Å². The van der Waals surface area contributed by atoms with Gasteiger partial charge >= 0.3 is 0 Å². The summed E-state index contributed by atoms with van der Waals surface area (Å²) >= 11 is 7.95. The molecule has 4 nitrogen and oxygen atoms in total. The zero-order valence-corrected chi connectivity index (χ0v) is 18.3. The molecule has 3 aromatic rings. The number of nitrogens with zero attached hydrogens (tertiary/aromatic N) is 1. The van der Waals surface area contributed by atoms with Crippen LogP contribution in [0.25, 0.3) is 10.8 Å². The third-order valence-corrected chi connectivity index (χ3v) is 6.63. The van der Waals surface area contributed by atoms with Gasteiger partial charge in [-0.1, -0.05) is 48.0 Å². The van der Waals surface area contributed by atoms with Gasteiger partial charge in [0, 0.05) is 40.5 Å². The zero-order chi connectivity index (χ0) is 21.1. The quantitative estimate of drug-likeness (QED) is 0.520. The smallest absolute Gasteiger partial charge is 0.251 e. The van der Waals surface area contributed by atoms with E-state index in [4.69, 9.17) is 11.6 Å². The molecular weight excluding hydrogens is 416 g/mol. The fraction of sp³-hybridized carbons (Fsp3) is 0.250. The molecule has 0 spiro atoms. The van der Waals surface area contributed by atoms with Crippen LogP contribution in [0.3, 0.4) is 0 Å². The normalized spacial score (nSPS) is 13.3. The number of hydrogen-bond donors (Lipinski definition) is 1. The van der Waals surface area contributed by atoms with Crippen LogP contribution in [0.1, 0.15) is 28.8 Å². The highest BCUT2D eigenvalue weighted by atomic mass is 35.5. The van der Waals surface area contributed by atoms with E-state index in [2.05, 4.69) is 5.32 Å². The van der Waals surface area contributed by atoms with Crippen molar-refractivity contribution in [2.24, 2.45) is 0 Å². The molecule has 2 amide bonds. The van der Waals surface area contributed by atoms with Gasteiger partial charge in [0.2, 0.25) is 5.91 Å². The molecule has 1 aliphatic carbocycles. The molecule has 154 valence electrons. The van der Waals surface area contributed by atoms with Gasteiger partial charge in [0.1, 0.15) is 0 Å². The Labute approximate surface area is 185 Å². The van der Waals surface area contributed by atoms with E-state index in [0.29, 0.717) is 28.9 Å². The minimum Gasteiger partial charge on any atom is -0.355 e. The van der Waals surface area contributed by atoms with E-state index in [0.717, 1.165) is 34.1 Å². The number of carbonyl (C=O) groups excluding carboxylic acids is 2. The highest BCUT2D eigenvalue weighted by Gasteiger charge is 2.32. The molecule has 1 aliphatic rings. The first-order chi connectivity index (χ1) is 14.6. The lowest BCUT2D eigenvalue weighted by atomic mass is 10.1. The first-order valence-electron chi connectivity index (χ1n) is 9.97. The van der Waals surface area contributed by atoms with Gasteiger partial charge < -0.3 is 10.2 Å². The highest BCUT2D eigenvalue weighted by Crippen LogP contribution is 2.34. The first-order valence-corrected chi connectivity index (χ1v) is 11.3. The van der Waals surface area contributed by atoms with Crippen LogP contribution in [-0.4, -0.2) is 35.6 Å². The summed E-state index contributed by atoms with van der Waals surface area (Å²) in [5, 5.41) is 5.41. The zero-order valence-electron chi connectivity index (χ0n) is 16.7. The number of hydrogen-bond acceptors (Lipinski definition) is 3. The second kappa shape index (κ2) is 9.11. The maximum Gasteiger partial charge on any atom is 0.251 e. The van der Waals surface area contributed by atoms with Crippen molar-refractivity contribution in [3.63, 3.8) is 0 Å². The van der Waals surface area contributed by atoms with Crippen molar-refractivity contribution in [1.29, 1.82) is 0 Å². The fourth-order valence-electron chi connectivity index (χ4n) is 3.51. The summed E-state index contributed by atoms with van der Waals surface area (Å²) in [4.78, 5) is 27.8. The van der Waals surface area contributed by atoms with E-state index in [1.54, 1.807) is 19.2 Å². The number of nitrogens with one attached hydrogen (secondary N) is 1. The molecule has 0 radical (unpaired) electrons. The van der Waals surface area contributed by atoms with E-state index in [9.17, 15) is 9.59 Å². The van der Waals surface area contributed by atoms with Crippen molar-refractivity contribution in [3.05, 3.63) is 76.8 Å². The molecule has 6 heteroatoms. The Morgan fingerprint density at radius 1 is 1.07 bits per heavy atom. The molecule has 0 unspecified atom stereocenters. The monoisotopic (exact) mass is 438 g/mol. The maximum absolute atomic E-state index is 13.1. The lowest BCUT2D eigenvalue weighted by molar-refractivity contribution is -0.129. The summed E-state index contributed by atoms with van der Waals surface area (Å²) in [6, 6.07) is 19.7. The molecule has 0 saturated heterocycles. The summed E-state index contributed by atoms with van der Waals surface area (Å²) in [7, 11) is 1.62. The number of amides is 2. The average Bonchev–Trinajstić information content (AvgIpc) is 3.61. The Hall–Kier alpha value is -2.50. The number of carbonyl (C=O) groups is 2. The van der Waals surface area contributed by atoms with Crippen LogP contribution in [0.5, 0.6) is 0 Å². The maximum atomic E-state index is 13.1. The lowest BCUT2D eigenvalue weighted by Gasteiger charge is -2.23. The van der Waals surface area contributed by atoms with Gasteiger partial charge in [-0.3, -0.25) is 9.59 Å². The van der Waals surface area contributed by atoms with Gasteiger partial charge in [-0.2, -0.15) is 0 Å². The minimum atomic E-state index is -0.109. The number of thioether (sulfide) groups is 1. The third kappa shape index (κ3) is 4.63. The summed E-state index contributed by atoms with van der Waals surface area (Å²) in [5.41, 5.74) is 1.65. The standard InChI is InChI=1S/C24H23ClN2O2S/c1-26-24(29)18-10-8-16(9-11-18)14-27(19-12-13-19)22(28)15-30-21-7-3-5-17-4-2-6-20(25)23(17)21/h2-11,19H,12-15H2,1H3,(H,26,29). The van der Waals surface area contributed by atoms with Crippen LogP contribution in [0.15, 0.2) is 65.6 Å². The summed E-state index contributed by atoms with van der Waals surface area (Å²) in [6.45, 7) is 0.564. The molecule has 1 saturated carbocycles. The van der Waals surface area contributed by atoms with Gasteiger partial charge in [-0.25, -0.2) is 0 Å². The van der Waals surface area contributed by atoms with E-state index >= 15 is 0 Å². The third-order valence-electron chi connectivity index (χ3n) is 5.27. The molecule has 1 fully saturated rings. The molecule has 30 heavy (non-hydrogen) atoms. The van der Waals surface area contributed by atoms with Crippen LogP contribution in [0.4, 0.5) is 0 Å². The van der Waals surface area contributed by atoms with Crippen molar-refractivity contribution in [2.45, 2.75) is 30.3 Å². The Bertz CT molecular complexity index is 1080. The topological polar surface area (TPSA) is 49.4 Å². The van der Waals surface area contributed by atoms with Crippen molar-refractivity contribution in [3.8, 4) is 0 Å². The summed E-state index contributed by atoms with van der Waals surface area (Å²) in [5.74, 6) is 0.390. The molecule has 0 heterocycles. The number of fused-ring (bicyclic) bond motifs is 1. The minimum absolute atomic E-state index is 0.109. The van der Waals surface area contributed by atoms with E-state index in [1.165, 1.54) is 11.8 Å². The summed E-state index contributed by atoms with van der Waals surface area (Å²) < 4.78 is 0. The largest absolute Gasteiger partial charge is 0.355 e. The van der Waals surface area contributed by atoms with Crippen LogP contribution >= 0.6 is 23.4 Å². The SMILES string of the molecule is CNC(=O)c1ccc(CN(C(=O)CSc2cccc3cccc(Cl)c23)C2CC2)cc1. The molecule has 3 aromatic carbocycles. The van der Waals surface area contributed by atoms with Gasteiger partial charge in [-0.15, -0.1) is 11.8 Å². The molecule has 0 aliphatic heterocycles. The van der Waals surface area contributed by atoms with Gasteiger partial charge in [-0.05, 0) is 48.1 Å². The van der Waals surface area contributed by atoms with Crippen LogP contribution in [0.2, 0.25) is 5.02 Å². The van der Waals surface area contributed by atoms with Gasteiger partial charge in [0.05, 0.1) is 5.75 Å². The Morgan fingerprint density at radius 2 is 1.77 bits per heavy atom. The van der Waals surface area contributed by atoms with Crippen molar-refractivity contribution < 1.29 is 9.59 Å². The Morgan fingerprint density at radius 3 is 2.43 bits per heavy atom. The fourth-order valence-corrected chi connectivity index (χ4v) is 4.85. The van der Waals surface area contributed by atoms with Gasteiger partial charge in [0.15, 0.2) is 0 Å². The molecule has 4 rings (SSSR count). The van der Waals surface area contributed by atoms with E-state index in [-0.39, 0.29) is 11.8 Å². The average molecular weight is 439 g/mol. The Balaban J connectivity index is 1.46. The predicted molar refractivity (Wildman–Crippen MR) is 123 cm³/mol. The van der Waals surface area contributed by atoms with Crippen LogP contribution in [0, 0.1) is 0 Å². The molecule has 0 bridgehead atoms. The Kier molecular flexibility index (Phi) is 6.30. The molecule has 1 N–H and O–H groups in total. The van der Waals surface area contributed by atoms with Crippen molar-refractivity contribution in [1.82, 2.24) is 10.2 Å². The van der Waals surface area contributed by atoms with Crippen LogP contribution in [-0.2, 0) is 11.3 Å². The second-order valence-corrected chi connectivity index (χ2v) is 8.84. The predicted octanol–water partition coefficient (Wildman–Crippen LogP) is 5.14. The second-order valence-electron chi connectivity index (χ2n) is 7.41. The number of halogens is 1.